The number of nitro benzene ring substituents is 1. The number of para-hydroxylation sites is 1. The third-order valence-electron chi connectivity index (χ3n) is 4.88. The van der Waals surface area contributed by atoms with Crippen LogP contribution in [-0.4, -0.2) is 28.9 Å². The number of nitrogens with two attached hydrogens (primary N) is 1. The van der Waals surface area contributed by atoms with Crippen molar-refractivity contribution in [2.45, 2.75) is 18.8 Å². The van der Waals surface area contributed by atoms with Crippen LogP contribution in [-0.2, 0) is 0 Å². The van der Waals surface area contributed by atoms with E-state index in [0.717, 1.165) is 34.6 Å². The van der Waals surface area contributed by atoms with Gasteiger partial charge >= 0.3 is 0 Å². The summed E-state index contributed by atoms with van der Waals surface area (Å²) in [5.74, 6) is -0.442. The molecule has 27 heavy (non-hydrogen) atoms. The number of nitrogens with zero attached hydrogens (tertiary/aromatic N) is 3. The monoisotopic (exact) mass is 382 g/mol. The topological polar surface area (TPSA) is 102 Å². The number of benzene rings is 2. The number of nitro groups is 1. The first kappa shape index (κ1) is 17.4. The zero-order chi connectivity index (χ0) is 19.0. The van der Waals surface area contributed by atoms with Crippen molar-refractivity contribution in [3.05, 3.63) is 63.1 Å². The Kier molecular flexibility index (Phi) is 4.49. The number of hydrogen-bond donors (Lipinski definition) is 1. The van der Waals surface area contributed by atoms with Gasteiger partial charge in [0.2, 0.25) is 5.91 Å². The Morgan fingerprint density at radius 2 is 2.11 bits per heavy atom. The Balaban J connectivity index is 1.65. The summed E-state index contributed by atoms with van der Waals surface area (Å²) in [4.78, 5) is 29.2. The number of carbonyl (C=O) groups is 1. The molecule has 2 N–H and O–H groups in total. The number of rotatable bonds is 4. The molecule has 2 aromatic carbocycles. The number of amides is 1. The molecule has 7 nitrogen and oxygen atoms in total. The van der Waals surface area contributed by atoms with E-state index in [0.29, 0.717) is 12.2 Å². The predicted molar refractivity (Wildman–Crippen MR) is 105 cm³/mol. The van der Waals surface area contributed by atoms with Crippen LogP contribution >= 0.6 is 11.3 Å². The van der Waals surface area contributed by atoms with Gasteiger partial charge in [0.15, 0.2) is 0 Å². The van der Waals surface area contributed by atoms with Crippen molar-refractivity contribution in [1.29, 1.82) is 0 Å². The van der Waals surface area contributed by atoms with Gasteiger partial charge in [0.25, 0.3) is 5.69 Å². The Hall–Kier alpha value is -3.00. The number of hydrogen-bond acceptors (Lipinski definition) is 6. The van der Waals surface area contributed by atoms with Crippen molar-refractivity contribution >= 4 is 38.8 Å². The molecule has 3 aromatic rings. The summed E-state index contributed by atoms with van der Waals surface area (Å²) in [5, 5.41) is 12.6. The highest BCUT2D eigenvalue weighted by molar-refractivity contribution is 7.18. The minimum Gasteiger partial charge on any atom is -0.366 e. The van der Waals surface area contributed by atoms with E-state index in [4.69, 9.17) is 10.7 Å². The minimum absolute atomic E-state index is 0.0868. The Morgan fingerprint density at radius 1 is 1.30 bits per heavy atom. The van der Waals surface area contributed by atoms with Gasteiger partial charge in [0.05, 0.1) is 20.1 Å². The van der Waals surface area contributed by atoms with E-state index < -0.39 is 10.8 Å². The second-order valence-corrected chi connectivity index (χ2v) is 7.69. The predicted octanol–water partition coefficient (Wildman–Crippen LogP) is 3.69. The second-order valence-electron chi connectivity index (χ2n) is 6.63. The van der Waals surface area contributed by atoms with Crippen LogP contribution < -0.4 is 10.6 Å². The van der Waals surface area contributed by atoms with Crippen molar-refractivity contribution in [3.8, 4) is 0 Å². The van der Waals surface area contributed by atoms with Crippen molar-refractivity contribution in [2.24, 2.45) is 5.73 Å². The lowest BCUT2D eigenvalue weighted by Gasteiger charge is -2.33. The van der Waals surface area contributed by atoms with Crippen molar-refractivity contribution in [3.63, 3.8) is 0 Å². The number of primary amides is 1. The van der Waals surface area contributed by atoms with Crippen LogP contribution in [0.15, 0.2) is 42.5 Å². The number of fused-ring (bicyclic) bond motifs is 1. The fourth-order valence-electron chi connectivity index (χ4n) is 3.55. The average Bonchev–Trinajstić information content (AvgIpc) is 3.12. The molecule has 1 fully saturated rings. The quantitative estimate of drug-likeness (QED) is 0.548. The maximum atomic E-state index is 11.5. The summed E-state index contributed by atoms with van der Waals surface area (Å²) in [5.41, 5.74) is 6.84. The molecular formula is C19H18N4O3S. The van der Waals surface area contributed by atoms with E-state index in [1.165, 1.54) is 6.07 Å². The molecule has 0 spiro atoms. The molecule has 0 radical (unpaired) electrons. The first-order valence-electron chi connectivity index (χ1n) is 8.71. The molecule has 1 aromatic heterocycles. The van der Waals surface area contributed by atoms with Gasteiger partial charge < -0.3 is 10.6 Å². The second kappa shape index (κ2) is 6.96. The highest BCUT2D eigenvalue weighted by Gasteiger charge is 2.28. The van der Waals surface area contributed by atoms with Crippen LogP contribution in [0.3, 0.4) is 0 Å². The van der Waals surface area contributed by atoms with Gasteiger partial charge in [-0.15, -0.1) is 11.3 Å². The van der Waals surface area contributed by atoms with Gasteiger partial charge in [-0.1, -0.05) is 12.1 Å². The smallest absolute Gasteiger partial charge is 0.293 e. The normalized spacial score (nSPS) is 17.2. The Bertz CT molecular complexity index is 1000. The van der Waals surface area contributed by atoms with Gasteiger partial charge in [-0.05, 0) is 37.1 Å². The molecule has 1 aliphatic rings. The molecule has 4 rings (SSSR count). The van der Waals surface area contributed by atoms with E-state index in [2.05, 4.69) is 6.07 Å². The lowest BCUT2D eigenvalue weighted by molar-refractivity contribution is -0.384. The zero-order valence-electron chi connectivity index (χ0n) is 14.5. The van der Waals surface area contributed by atoms with Gasteiger partial charge in [-0.25, -0.2) is 4.98 Å². The SMILES string of the molecule is NC(=O)c1ccc(N2CCC[C@H](c3nc4ccccc4s3)C2)c([N+](=O)[O-])c1. The molecule has 1 aliphatic heterocycles. The standard InChI is InChI=1S/C19H18N4O3S/c20-18(24)12-7-8-15(16(10-12)23(25)26)22-9-3-4-13(11-22)19-21-14-5-1-2-6-17(14)27-19/h1-2,5-8,10,13H,3-4,9,11H2,(H2,20,24)/t13-/m0/s1. The third-order valence-corrected chi connectivity index (χ3v) is 6.08. The molecule has 2 heterocycles. The first-order chi connectivity index (χ1) is 13.0. The molecule has 138 valence electrons. The first-order valence-corrected chi connectivity index (χ1v) is 9.53. The molecule has 1 saturated heterocycles. The largest absolute Gasteiger partial charge is 0.366 e. The maximum absolute atomic E-state index is 11.5. The summed E-state index contributed by atoms with van der Waals surface area (Å²) >= 11 is 1.69. The van der Waals surface area contributed by atoms with Crippen LogP contribution in [0.2, 0.25) is 0 Å². The third kappa shape index (κ3) is 3.35. The van der Waals surface area contributed by atoms with Crippen LogP contribution in [0.1, 0.15) is 34.1 Å². The van der Waals surface area contributed by atoms with Crippen molar-refractivity contribution in [1.82, 2.24) is 4.98 Å². The van der Waals surface area contributed by atoms with Crippen LogP contribution in [0, 0.1) is 10.1 Å². The average molecular weight is 382 g/mol. The van der Waals surface area contributed by atoms with E-state index >= 15 is 0 Å². The summed E-state index contributed by atoms with van der Waals surface area (Å²) in [7, 11) is 0. The van der Waals surface area contributed by atoms with E-state index in [9.17, 15) is 14.9 Å². The molecular weight excluding hydrogens is 364 g/mol. The number of anilines is 1. The van der Waals surface area contributed by atoms with Gasteiger partial charge in [0, 0.05) is 30.6 Å². The lowest BCUT2D eigenvalue weighted by Crippen LogP contribution is -2.34. The summed E-state index contributed by atoms with van der Waals surface area (Å²) in [6, 6.07) is 12.5. The zero-order valence-corrected chi connectivity index (χ0v) is 15.3. The number of carbonyl (C=O) groups excluding carboxylic acids is 1. The minimum atomic E-state index is -0.671. The molecule has 0 aliphatic carbocycles. The van der Waals surface area contributed by atoms with Crippen molar-refractivity contribution < 1.29 is 9.72 Å². The lowest BCUT2D eigenvalue weighted by atomic mass is 9.97. The highest BCUT2D eigenvalue weighted by Crippen LogP contribution is 2.37. The molecule has 0 unspecified atom stereocenters. The van der Waals surface area contributed by atoms with Gasteiger partial charge in [0.1, 0.15) is 5.69 Å². The van der Waals surface area contributed by atoms with Crippen molar-refractivity contribution in [2.75, 3.05) is 18.0 Å². The highest BCUT2D eigenvalue weighted by atomic mass is 32.1. The summed E-state index contributed by atoms with van der Waals surface area (Å²) < 4.78 is 1.15. The molecule has 8 heteroatoms. The number of aromatic nitrogens is 1. The molecule has 1 atom stereocenters. The fourth-order valence-corrected chi connectivity index (χ4v) is 4.65. The van der Waals surface area contributed by atoms with E-state index in [1.54, 1.807) is 23.5 Å². The Morgan fingerprint density at radius 3 is 2.85 bits per heavy atom. The van der Waals surface area contributed by atoms with Gasteiger partial charge in [-0.2, -0.15) is 0 Å². The summed E-state index contributed by atoms with van der Waals surface area (Å²) in [6.45, 7) is 1.40. The number of thiazole rings is 1. The number of piperidine rings is 1. The van der Waals surface area contributed by atoms with E-state index in [1.807, 2.05) is 23.1 Å². The van der Waals surface area contributed by atoms with Crippen LogP contribution in [0.4, 0.5) is 11.4 Å². The van der Waals surface area contributed by atoms with E-state index in [-0.39, 0.29) is 17.2 Å². The maximum Gasteiger partial charge on any atom is 0.293 e. The van der Waals surface area contributed by atoms with Crippen LogP contribution in [0.25, 0.3) is 10.2 Å². The van der Waals surface area contributed by atoms with Crippen LogP contribution in [0.5, 0.6) is 0 Å². The molecule has 1 amide bonds. The molecule has 0 bridgehead atoms. The summed E-state index contributed by atoms with van der Waals surface area (Å²) in [6.07, 6.45) is 1.93. The van der Waals surface area contributed by atoms with Gasteiger partial charge in [-0.3, -0.25) is 14.9 Å². The molecule has 0 saturated carbocycles. The Labute approximate surface area is 159 Å². The fraction of sp³-hybridized carbons (Fsp3) is 0.263.